The average Bonchev–Trinajstić information content (AvgIpc) is 2.35. The van der Waals surface area contributed by atoms with Crippen molar-refractivity contribution in [2.45, 2.75) is 18.9 Å². The second kappa shape index (κ2) is 6.12. The van der Waals surface area contributed by atoms with Crippen LogP contribution in [-0.2, 0) is 14.8 Å². The highest BCUT2D eigenvalue weighted by Gasteiger charge is 2.45. The Hall–Kier alpha value is -1.77. The summed E-state index contributed by atoms with van der Waals surface area (Å²) in [6, 6.07) is 4.44. The van der Waals surface area contributed by atoms with Crippen LogP contribution in [0.3, 0.4) is 0 Å². The topological polar surface area (TPSA) is 72.5 Å². The van der Waals surface area contributed by atoms with Gasteiger partial charge in [0.15, 0.2) is 0 Å². The van der Waals surface area contributed by atoms with Crippen molar-refractivity contribution in [2.75, 3.05) is 11.3 Å². The third-order valence-electron chi connectivity index (χ3n) is 2.11. The maximum absolute atomic E-state index is 12.1. The summed E-state index contributed by atoms with van der Waals surface area (Å²) in [5.74, 6) is -0.628. The van der Waals surface area contributed by atoms with Gasteiger partial charge in [0.25, 0.3) is 0 Å². The van der Waals surface area contributed by atoms with Gasteiger partial charge in [-0.15, -0.1) is 0 Å². The molecule has 0 bridgehead atoms. The molecule has 0 aliphatic heterocycles. The fourth-order valence-corrected chi connectivity index (χ4v) is 1.73. The summed E-state index contributed by atoms with van der Waals surface area (Å²) in [6.07, 6.45) is 0.634. The predicted octanol–water partition coefficient (Wildman–Crippen LogP) is 2.51. The molecule has 0 amide bonds. The molecule has 112 valence electrons. The number of nitrogens with one attached hydrogen (secondary N) is 1. The van der Waals surface area contributed by atoms with Gasteiger partial charge in [0.05, 0.1) is 12.2 Å². The highest BCUT2D eigenvalue weighted by molar-refractivity contribution is 7.93. The number of hydrogen-bond donors (Lipinski definition) is 1. The van der Waals surface area contributed by atoms with Crippen LogP contribution in [0.15, 0.2) is 24.3 Å². The Morgan fingerprint density at radius 1 is 1.25 bits per heavy atom. The van der Waals surface area contributed by atoms with E-state index in [-0.39, 0.29) is 17.9 Å². The minimum atomic E-state index is -5.46. The number of hydrogen-bond acceptors (Lipinski definition) is 4. The maximum atomic E-state index is 12.1. The second-order valence-electron chi connectivity index (χ2n) is 3.76. The van der Waals surface area contributed by atoms with Crippen molar-refractivity contribution >= 4 is 21.7 Å². The molecule has 0 atom stereocenters. The van der Waals surface area contributed by atoms with Gasteiger partial charge >= 0.3 is 21.5 Å². The van der Waals surface area contributed by atoms with Gasteiger partial charge in [0.1, 0.15) is 0 Å². The van der Waals surface area contributed by atoms with Crippen molar-refractivity contribution in [3.8, 4) is 0 Å². The minimum absolute atomic E-state index is 0.119. The zero-order valence-corrected chi connectivity index (χ0v) is 11.2. The Morgan fingerprint density at radius 2 is 1.80 bits per heavy atom. The largest absolute Gasteiger partial charge is 0.516 e. The molecule has 0 fully saturated rings. The Labute approximate surface area is 113 Å². The molecule has 9 heteroatoms. The number of halogens is 3. The molecular formula is C11H12F3NO4S. The number of ether oxygens (including phenoxy) is 1. The number of sulfonamides is 1. The molecule has 1 rings (SSSR count). The van der Waals surface area contributed by atoms with Crippen LogP contribution in [0.5, 0.6) is 0 Å². The smallest absolute Gasteiger partial charge is 0.462 e. The summed E-state index contributed by atoms with van der Waals surface area (Å²) in [5.41, 5.74) is -5.58. The lowest BCUT2D eigenvalue weighted by molar-refractivity contribution is -0.0429. The van der Waals surface area contributed by atoms with Crippen molar-refractivity contribution in [2.24, 2.45) is 0 Å². The van der Waals surface area contributed by atoms with Crippen LogP contribution in [0, 0.1) is 0 Å². The molecule has 0 unspecified atom stereocenters. The van der Waals surface area contributed by atoms with E-state index in [2.05, 4.69) is 0 Å². The van der Waals surface area contributed by atoms with Gasteiger partial charge in [-0.05, 0) is 30.7 Å². The van der Waals surface area contributed by atoms with Crippen LogP contribution in [0.25, 0.3) is 0 Å². The van der Waals surface area contributed by atoms with Crippen molar-refractivity contribution < 1.29 is 31.1 Å². The number of anilines is 1. The minimum Gasteiger partial charge on any atom is -0.462 e. The van der Waals surface area contributed by atoms with Crippen LogP contribution in [0.4, 0.5) is 18.9 Å². The molecule has 1 N–H and O–H groups in total. The molecule has 0 aliphatic carbocycles. The van der Waals surface area contributed by atoms with Gasteiger partial charge in [-0.3, -0.25) is 4.72 Å². The standard InChI is InChI=1S/C11H12F3NO4S/c1-2-7-19-10(16)8-3-5-9(6-4-8)15-20(17,18)11(12,13)14/h3-6,15H,2,7H2,1H3. The van der Waals surface area contributed by atoms with Crippen molar-refractivity contribution in [1.82, 2.24) is 0 Å². The van der Waals surface area contributed by atoms with Gasteiger partial charge in [-0.2, -0.15) is 21.6 Å². The number of alkyl halides is 3. The molecule has 20 heavy (non-hydrogen) atoms. The average molecular weight is 311 g/mol. The number of carbonyl (C=O) groups is 1. The second-order valence-corrected chi connectivity index (χ2v) is 5.44. The third-order valence-corrected chi connectivity index (χ3v) is 3.23. The molecule has 1 aromatic carbocycles. The monoisotopic (exact) mass is 311 g/mol. The molecule has 0 aromatic heterocycles. The zero-order chi connectivity index (χ0) is 15.4. The van der Waals surface area contributed by atoms with E-state index < -0.39 is 21.5 Å². The number of benzene rings is 1. The lowest BCUT2D eigenvalue weighted by atomic mass is 10.2. The van der Waals surface area contributed by atoms with Crippen LogP contribution < -0.4 is 4.72 Å². The summed E-state index contributed by atoms with van der Waals surface area (Å²) in [7, 11) is -5.46. The van der Waals surface area contributed by atoms with Crippen LogP contribution in [0.2, 0.25) is 0 Å². The van der Waals surface area contributed by atoms with Gasteiger partial charge < -0.3 is 4.74 Å². The van der Waals surface area contributed by atoms with Gasteiger partial charge in [0.2, 0.25) is 0 Å². The summed E-state index contributed by atoms with van der Waals surface area (Å²) in [4.78, 5) is 11.4. The lowest BCUT2D eigenvalue weighted by Gasteiger charge is -2.10. The fraction of sp³-hybridized carbons (Fsp3) is 0.364. The Balaban J connectivity index is 2.80. The van der Waals surface area contributed by atoms with E-state index >= 15 is 0 Å². The molecule has 1 aromatic rings. The van der Waals surface area contributed by atoms with Gasteiger partial charge in [-0.1, -0.05) is 6.92 Å². The predicted molar refractivity (Wildman–Crippen MR) is 65.6 cm³/mol. The first-order valence-electron chi connectivity index (χ1n) is 5.53. The molecule has 5 nitrogen and oxygen atoms in total. The molecule has 0 radical (unpaired) electrons. The highest BCUT2D eigenvalue weighted by atomic mass is 32.2. The van der Waals surface area contributed by atoms with Gasteiger partial charge in [-0.25, -0.2) is 4.79 Å². The quantitative estimate of drug-likeness (QED) is 0.848. The van der Waals surface area contributed by atoms with E-state index in [1.54, 1.807) is 0 Å². The zero-order valence-electron chi connectivity index (χ0n) is 10.4. The Morgan fingerprint density at radius 3 is 2.25 bits per heavy atom. The van der Waals surface area contributed by atoms with E-state index in [0.717, 1.165) is 12.1 Å². The SMILES string of the molecule is CCCOC(=O)c1ccc(NS(=O)(=O)C(F)(F)F)cc1. The molecule has 0 saturated carbocycles. The molecular weight excluding hydrogens is 299 g/mol. The van der Waals surface area contributed by atoms with Crippen LogP contribution >= 0.6 is 0 Å². The van der Waals surface area contributed by atoms with E-state index in [0.29, 0.717) is 6.42 Å². The first kappa shape index (κ1) is 16.3. The molecule has 0 saturated heterocycles. The summed E-state index contributed by atoms with van der Waals surface area (Å²) >= 11 is 0. The van der Waals surface area contributed by atoms with Crippen molar-refractivity contribution in [3.05, 3.63) is 29.8 Å². The fourth-order valence-electron chi connectivity index (χ4n) is 1.17. The molecule has 0 heterocycles. The van der Waals surface area contributed by atoms with E-state index in [4.69, 9.17) is 4.74 Å². The Bertz CT molecular complexity index is 566. The highest BCUT2D eigenvalue weighted by Crippen LogP contribution is 2.25. The van der Waals surface area contributed by atoms with Gasteiger partial charge in [0, 0.05) is 5.69 Å². The van der Waals surface area contributed by atoms with Crippen molar-refractivity contribution in [3.63, 3.8) is 0 Å². The number of esters is 1. The van der Waals surface area contributed by atoms with Crippen molar-refractivity contribution in [1.29, 1.82) is 0 Å². The van der Waals surface area contributed by atoms with E-state index in [1.165, 1.54) is 16.9 Å². The summed E-state index contributed by atoms with van der Waals surface area (Å²) in [6.45, 7) is 2.03. The molecule has 0 aliphatic rings. The third kappa shape index (κ3) is 4.12. The van der Waals surface area contributed by atoms with Crippen LogP contribution in [0.1, 0.15) is 23.7 Å². The van der Waals surface area contributed by atoms with Crippen LogP contribution in [-0.4, -0.2) is 26.5 Å². The summed E-state index contributed by atoms with van der Waals surface area (Å²) in [5, 5.41) is 0. The molecule has 0 spiro atoms. The summed E-state index contributed by atoms with van der Waals surface area (Å²) < 4.78 is 64.3. The maximum Gasteiger partial charge on any atom is 0.516 e. The number of carbonyl (C=O) groups excluding carboxylic acids is 1. The van der Waals surface area contributed by atoms with E-state index in [9.17, 15) is 26.4 Å². The Kier molecular flexibility index (Phi) is 4.98. The first-order chi connectivity index (χ1) is 9.17. The number of rotatable bonds is 5. The van der Waals surface area contributed by atoms with E-state index in [1.807, 2.05) is 6.92 Å². The lowest BCUT2D eigenvalue weighted by Crippen LogP contribution is -2.29. The normalized spacial score (nSPS) is 12.0. The first-order valence-corrected chi connectivity index (χ1v) is 7.02.